The Morgan fingerprint density at radius 1 is 1.24 bits per heavy atom. The molecule has 0 unspecified atom stereocenters. The molecule has 0 saturated heterocycles. The quantitative estimate of drug-likeness (QED) is 0.732. The second kappa shape index (κ2) is 5.88. The smallest absolute Gasteiger partial charge is 0.154 e. The highest BCUT2D eigenvalue weighted by Crippen LogP contribution is 2.23. The number of benzene rings is 1. The molecule has 21 heavy (non-hydrogen) atoms. The average molecular weight is 286 g/mol. The van der Waals surface area contributed by atoms with E-state index in [1.165, 1.54) is 6.07 Å². The molecule has 5 nitrogen and oxygen atoms in total. The number of halogens is 1. The number of fused-ring (bicyclic) bond motifs is 1. The molecular formula is C15H15FN4O. The summed E-state index contributed by atoms with van der Waals surface area (Å²) in [6, 6.07) is 10.3. The molecule has 0 spiro atoms. The van der Waals surface area contributed by atoms with Gasteiger partial charge in [-0.2, -0.15) is 0 Å². The van der Waals surface area contributed by atoms with Gasteiger partial charge >= 0.3 is 0 Å². The second-order valence-corrected chi connectivity index (χ2v) is 4.53. The number of nitrogens with zero attached hydrogens (tertiary/aromatic N) is 3. The molecule has 0 aliphatic rings. The van der Waals surface area contributed by atoms with Crippen molar-refractivity contribution in [2.45, 2.75) is 0 Å². The molecule has 108 valence electrons. The van der Waals surface area contributed by atoms with Gasteiger partial charge in [0, 0.05) is 19.2 Å². The molecule has 2 aromatic heterocycles. The molecule has 0 aliphatic carbocycles. The van der Waals surface area contributed by atoms with E-state index < -0.39 is 0 Å². The van der Waals surface area contributed by atoms with Crippen LogP contribution < -0.4 is 5.32 Å². The molecule has 1 aromatic carbocycles. The van der Waals surface area contributed by atoms with Crippen LogP contribution in [0, 0.1) is 5.82 Å². The van der Waals surface area contributed by atoms with Crippen LogP contribution >= 0.6 is 0 Å². The van der Waals surface area contributed by atoms with Crippen molar-refractivity contribution in [1.29, 1.82) is 0 Å². The minimum atomic E-state index is -0.293. The molecule has 3 rings (SSSR count). The minimum absolute atomic E-state index is 0.293. The van der Waals surface area contributed by atoms with Gasteiger partial charge in [0.2, 0.25) is 0 Å². The molecule has 0 saturated carbocycles. The normalized spacial score (nSPS) is 11.0. The van der Waals surface area contributed by atoms with E-state index in [9.17, 15) is 4.39 Å². The fourth-order valence-corrected chi connectivity index (χ4v) is 2.10. The molecule has 0 atom stereocenters. The molecule has 3 aromatic rings. The van der Waals surface area contributed by atoms with Crippen LogP contribution in [-0.4, -0.2) is 34.9 Å². The van der Waals surface area contributed by atoms with Gasteiger partial charge in [0.05, 0.1) is 18.5 Å². The molecule has 0 radical (unpaired) electrons. The van der Waals surface area contributed by atoms with Gasteiger partial charge in [-0.25, -0.2) is 13.9 Å². The van der Waals surface area contributed by atoms with Gasteiger partial charge in [0.25, 0.3) is 0 Å². The highest BCUT2D eigenvalue weighted by molar-refractivity contribution is 5.64. The zero-order chi connectivity index (χ0) is 14.7. The maximum absolute atomic E-state index is 13.9. The van der Waals surface area contributed by atoms with Crippen LogP contribution in [0.1, 0.15) is 0 Å². The summed E-state index contributed by atoms with van der Waals surface area (Å²) < 4.78 is 20.5. The van der Waals surface area contributed by atoms with E-state index in [0.717, 1.165) is 0 Å². The molecule has 0 fully saturated rings. The largest absolute Gasteiger partial charge is 0.383 e. The molecule has 6 heteroatoms. The van der Waals surface area contributed by atoms with Gasteiger partial charge in [0.15, 0.2) is 5.65 Å². The Hall–Kier alpha value is -2.47. The van der Waals surface area contributed by atoms with Crippen LogP contribution in [0.4, 0.5) is 10.2 Å². The summed E-state index contributed by atoms with van der Waals surface area (Å²) in [5.41, 5.74) is 1.77. The highest BCUT2D eigenvalue weighted by Gasteiger charge is 2.11. The summed E-state index contributed by atoms with van der Waals surface area (Å²) in [7, 11) is 1.64. The monoisotopic (exact) mass is 286 g/mol. The number of hydrogen-bond acceptors (Lipinski definition) is 4. The van der Waals surface area contributed by atoms with Gasteiger partial charge < -0.3 is 10.1 Å². The first-order valence-electron chi connectivity index (χ1n) is 6.62. The first-order chi connectivity index (χ1) is 10.3. The third-order valence-electron chi connectivity index (χ3n) is 3.12. The van der Waals surface area contributed by atoms with Crippen molar-refractivity contribution >= 4 is 11.5 Å². The molecule has 0 amide bonds. The Bertz CT molecular complexity index is 756. The number of hydrogen-bond donors (Lipinski definition) is 1. The summed E-state index contributed by atoms with van der Waals surface area (Å²) in [6.07, 6.45) is 1.62. The lowest BCUT2D eigenvalue weighted by molar-refractivity contribution is 0.210. The number of imidazole rings is 1. The summed E-state index contributed by atoms with van der Waals surface area (Å²) >= 11 is 0. The Kier molecular flexibility index (Phi) is 3.79. The SMILES string of the molecule is COCCNc1ccc2ncc(-c3ccccc3F)n2n1. The van der Waals surface area contributed by atoms with Crippen molar-refractivity contribution in [3.05, 3.63) is 48.4 Å². The predicted octanol–water partition coefficient (Wildman–Crippen LogP) is 2.59. The number of aromatic nitrogens is 3. The third kappa shape index (κ3) is 2.71. The van der Waals surface area contributed by atoms with E-state index in [4.69, 9.17) is 4.74 Å². The van der Waals surface area contributed by atoms with Crippen LogP contribution in [0.25, 0.3) is 16.9 Å². The molecule has 0 bridgehead atoms. The van der Waals surface area contributed by atoms with Crippen molar-refractivity contribution in [2.24, 2.45) is 0 Å². The Labute approximate surface area is 121 Å². The first-order valence-corrected chi connectivity index (χ1v) is 6.62. The lowest BCUT2D eigenvalue weighted by Gasteiger charge is -2.07. The van der Waals surface area contributed by atoms with E-state index in [2.05, 4.69) is 15.4 Å². The number of rotatable bonds is 5. The van der Waals surface area contributed by atoms with E-state index in [1.807, 2.05) is 12.1 Å². The van der Waals surface area contributed by atoms with Crippen LogP contribution in [0.3, 0.4) is 0 Å². The summed E-state index contributed by atoms with van der Waals surface area (Å²) in [4.78, 5) is 4.26. The van der Waals surface area contributed by atoms with E-state index in [-0.39, 0.29) is 5.82 Å². The van der Waals surface area contributed by atoms with Crippen molar-refractivity contribution in [2.75, 3.05) is 25.6 Å². The Morgan fingerprint density at radius 3 is 2.90 bits per heavy atom. The molecule has 2 heterocycles. The van der Waals surface area contributed by atoms with Crippen LogP contribution in [0.5, 0.6) is 0 Å². The first kappa shape index (κ1) is 13.5. The molecule has 1 N–H and O–H groups in total. The zero-order valence-corrected chi connectivity index (χ0v) is 11.6. The predicted molar refractivity (Wildman–Crippen MR) is 78.7 cm³/mol. The standard InChI is InChI=1S/C15H15FN4O/c1-21-9-8-17-14-6-7-15-18-10-13(20(15)19-14)11-4-2-3-5-12(11)16/h2-7,10H,8-9H2,1H3,(H,17,19). The van der Waals surface area contributed by atoms with E-state index >= 15 is 0 Å². The Balaban J connectivity index is 2.00. The highest BCUT2D eigenvalue weighted by atomic mass is 19.1. The van der Waals surface area contributed by atoms with Crippen molar-refractivity contribution < 1.29 is 9.13 Å². The van der Waals surface area contributed by atoms with Crippen molar-refractivity contribution in [3.8, 4) is 11.3 Å². The van der Waals surface area contributed by atoms with Gasteiger partial charge in [0.1, 0.15) is 11.6 Å². The van der Waals surface area contributed by atoms with Crippen LogP contribution in [0.15, 0.2) is 42.6 Å². The average Bonchev–Trinajstić information content (AvgIpc) is 2.91. The number of methoxy groups -OCH3 is 1. The fraction of sp³-hybridized carbons (Fsp3) is 0.200. The lowest BCUT2D eigenvalue weighted by atomic mass is 10.1. The lowest BCUT2D eigenvalue weighted by Crippen LogP contribution is -2.10. The van der Waals surface area contributed by atoms with Gasteiger partial charge in [-0.1, -0.05) is 12.1 Å². The van der Waals surface area contributed by atoms with Gasteiger partial charge in [-0.3, -0.25) is 0 Å². The topological polar surface area (TPSA) is 51.5 Å². The molecular weight excluding hydrogens is 271 g/mol. The zero-order valence-electron chi connectivity index (χ0n) is 11.6. The third-order valence-corrected chi connectivity index (χ3v) is 3.12. The van der Waals surface area contributed by atoms with Crippen LogP contribution in [0.2, 0.25) is 0 Å². The van der Waals surface area contributed by atoms with E-state index in [1.54, 1.807) is 36.0 Å². The van der Waals surface area contributed by atoms with Gasteiger partial charge in [-0.05, 0) is 24.3 Å². The summed E-state index contributed by atoms with van der Waals surface area (Å²) in [5, 5.41) is 7.59. The van der Waals surface area contributed by atoms with Crippen LogP contribution in [-0.2, 0) is 4.74 Å². The van der Waals surface area contributed by atoms with Gasteiger partial charge in [-0.15, -0.1) is 5.10 Å². The number of ether oxygens (including phenoxy) is 1. The maximum atomic E-state index is 13.9. The van der Waals surface area contributed by atoms with Crippen molar-refractivity contribution in [3.63, 3.8) is 0 Å². The summed E-state index contributed by atoms with van der Waals surface area (Å²) in [5.74, 6) is 0.397. The Morgan fingerprint density at radius 2 is 2.10 bits per heavy atom. The number of anilines is 1. The summed E-state index contributed by atoms with van der Waals surface area (Å²) in [6.45, 7) is 1.24. The van der Waals surface area contributed by atoms with E-state index in [0.29, 0.717) is 35.9 Å². The molecule has 0 aliphatic heterocycles. The maximum Gasteiger partial charge on any atom is 0.154 e. The second-order valence-electron chi connectivity index (χ2n) is 4.53. The number of nitrogens with one attached hydrogen (secondary N) is 1. The van der Waals surface area contributed by atoms with Crippen molar-refractivity contribution in [1.82, 2.24) is 14.6 Å². The minimum Gasteiger partial charge on any atom is -0.383 e. The fourth-order valence-electron chi connectivity index (χ4n) is 2.10.